The van der Waals surface area contributed by atoms with Gasteiger partial charge in [0, 0.05) is 26.2 Å². The summed E-state index contributed by atoms with van der Waals surface area (Å²) in [5.74, 6) is 0.334. The fourth-order valence-electron chi connectivity index (χ4n) is 2.72. The van der Waals surface area contributed by atoms with Gasteiger partial charge in [-0.2, -0.15) is 0 Å². The summed E-state index contributed by atoms with van der Waals surface area (Å²) >= 11 is 0. The molecule has 1 atom stereocenters. The standard InChI is InChI=1S/C12H23N3O/c1-12(5-4-6-14(12)3)11(16)15-9-7-13(2)8-10-15/h4-10H2,1-3H3. The second kappa shape index (κ2) is 4.34. The van der Waals surface area contributed by atoms with Gasteiger partial charge in [0.15, 0.2) is 0 Å². The summed E-state index contributed by atoms with van der Waals surface area (Å²) in [6.07, 6.45) is 2.15. The first-order valence-electron chi connectivity index (χ1n) is 6.23. The van der Waals surface area contributed by atoms with Crippen LogP contribution in [0.1, 0.15) is 19.8 Å². The van der Waals surface area contributed by atoms with Crippen molar-refractivity contribution < 1.29 is 4.79 Å². The first kappa shape index (κ1) is 11.9. The highest BCUT2D eigenvalue weighted by molar-refractivity contribution is 5.86. The summed E-state index contributed by atoms with van der Waals surface area (Å²) in [5, 5.41) is 0. The van der Waals surface area contributed by atoms with Crippen molar-refractivity contribution in [1.82, 2.24) is 14.7 Å². The van der Waals surface area contributed by atoms with Gasteiger partial charge in [0.2, 0.25) is 5.91 Å². The summed E-state index contributed by atoms with van der Waals surface area (Å²) in [5.41, 5.74) is -0.240. The number of likely N-dealkylation sites (tertiary alicyclic amines) is 1. The van der Waals surface area contributed by atoms with Gasteiger partial charge in [0.25, 0.3) is 0 Å². The van der Waals surface area contributed by atoms with Gasteiger partial charge in [0.1, 0.15) is 0 Å². The lowest BCUT2D eigenvalue weighted by Crippen LogP contribution is -2.57. The quantitative estimate of drug-likeness (QED) is 0.640. The molecule has 2 saturated heterocycles. The fourth-order valence-corrected chi connectivity index (χ4v) is 2.72. The maximum absolute atomic E-state index is 12.5. The van der Waals surface area contributed by atoms with E-state index in [1.165, 1.54) is 0 Å². The van der Waals surface area contributed by atoms with E-state index >= 15 is 0 Å². The summed E-state index contributed by atoms with van der Waals surface area (Å²) in [6, 6.07) is 0. The Labute approximate surface area is 98.2 Å². The van der Waals surface area contributed by atoms with Crippen LogP contribution < -0.4 is 0 Å². The van der Waals surface area contributed by atoms with Gasteiger partial charge in [-0.1, -0.05) is 0 Å². The topological polar surface area (TPSA) is 26.8 Å². The molecule has 4 nitrogen and oxygen atoms in total. The molecule has 92 valence electrons. The predicted molar refractivity (Wildman–Crippen MR) is 64.3 cm³/mol. The average molecular weight is 225 g/mol. The van der Waals surface area contributed by atoms with Crippen LogP contribution in [0.4, 0.5) is 0 Å². The molecule has 0 spiro atoms. The van der Waals surface area contributed by atoms with Crippen molar-refractivity contribution >= 4 is 5.91 Å². The van der Waals surface area contributed by atoms with Crippen LogP contribution in [0, 0.1) is 0 Å². The molecule has 0 aromatic carbocycles. The van der Waals surface area contributed by atoms with Crippen molar-refractivity contribution in [2.24, 2.45) is 0 Å². The van der Waals surface area contributed by atoms with E-state index in [0.717, 1.165) is 45.6 Å². The highest BCUT2D eigenvalue weighted by Gasteiger charge is 2.43. The van der Waals surface area contributed by atoms with E-state index in [1.54, 1.807) is 0 Å². The van der Waals surface area contributed by atoms with Crippen LogP contribution in [-0.4, -0.2) is 73.0 Å². The Morgan fingerprint density at radius 1 is 1.06 bits per heavy atom. The van der Waals surface area contributed by atoms with Crippen molar-refractivity contribution in [2.75, 3.05) is 46.8 Å². The number of piperazine rings is 1. The molecular weight excluding hydrogens is 202 g/mol. The summed E-state index contributed by atoms with van der Waals surface area (Å²) in [4.78, 5) is 19.0. The van der Waals surface area contributed by atoms with Crippen LogP contribution in [0.5, 0.6) is 0 Å². The second-order valence-corrected chi connectivity index (χ2v) is 5.39. The molecule has 1 unspecified atom stereocenters. The number of hydrogen-bond acceptors (Lipinski definition) is 3. The molecule has 0 radical (unpaired) electrons. The van der Waals surface area contributed by atoms with Crippen molar-refractivity contribution in [3.8, 4) is 0 Å². The number of carbonyl (C=O) groups is 1. The Kier molecular flexibility index (Phi) is 3.22. The third-order valence-electron chi connectivity index (χ3n) is 4.25. The molecule has 2 aliphatic rings. The van der Waals surface area contributed by atoms with E-state index in [2.05, 4.69) is 30.8 Å². The molecule has 2 heterocycles. The minimum absolute atomic E-state index is 0.240. The zero-order valence-electron chi connectivity index (χ0n) is 10.7. The molecule has 16 heavy (non-hydrogen) atoms. The Morgan fingerprint density at radius 2 is 1.69 bits per heavy atom. The van der Waals surface area contributed by atoms with Crippen molar-refractivity contribution in [3.05, 3.63) is 0 Å². The van der Waals surface area contributed by atoms with Gasteiger partial charge in [-0.05, 0) is 40.4 Å². The van der Waals surface area contributed by atoms with Crippen LogP contribution in [0.3, 0.4) is 0 Å². The summed E-state index contributed by atoms with van der Waals surface area (Å²) < 4.78 is 0. The predicted octanol–water partition coefficient (Wildman–Crippen LogP) is 0.245. The van der Waals surface area contributed by atoms with Crippen molar-refractivity contribution in [2.45, 2.75) is 25.3 Å². The first-order valence-corrected chi connectivity index (χ1v) is 6.23. The SMILES string of the molecule is CN1CCN(C(=O)C2(C)CCCN2C)CC1. The second-order valence-electron chi connectivity index (χ2n) is 5.39. The van der Waals surface area contributed by atoms with E-state index in [-0.39, 0.29) is 5.54 Å². The number of amides is 1. The van der Waals surface area contributed by atoms with E-state index in [4.69, 9.17) is 0 Å². The maximum Gasteiger partial charge on any atom is 0.242 e. The highest BCUT2D eigenvalue weighted by atomic mass is 16.2. The van der Waals surface area contributed by atoms with Crippen LogP contribution in [0.2, 0.25) is 0 Å². The Morgan fingerprint density at radius 3 is 2.19 bits per heavy atom. The number of hydrogen-bond donors (Lipinski definition) is 0. The minimum Gasteiger partial charge on any atom is -0.339 e. The lowest BCUT2D eigenvalue weighted by Gasteiger charge is -2.39. The number of nitrogens with zero attached hydrogens (tertiary/aromatic N) is 3. The molecule has 0 aliphatic carbocycles. The monoisotopic (exact) mass is 225 g/mol. The molecule has 2 rings (SSSR count). The third-order valence-corrected chi connectivity index (χ3v) is 4.25. The van der Waals surface area contributed by atoms with E-state index < -0.39 is 0 Å². The van der Waals surface area contributed by atoms with Gasteiger partial charge >= 0.3 is 0 Å². The molecule has 2 aliphatic heterocycles. The molecule has 4 heteroatoms. The van der Waals surface area contributed by atoms with Gasteiger partial charge in [-0.3, -0.25) is 9.69 Å². The lowest BCUT2D eigenvalue weighted by molar-refractivity contribution is -0.142. The van der Waals surface area contributed by atoms with Gasteiger partial charge in [0.05, 0.1) is 5.54 Å². The van der Waals surface area contributed by atoms with E-state index in [1.807, 2.05) is 4.90 Å². The molecule has 0 aromatic rings. The molecule has 0 aromatic heterocycles. The third kappa shape index (κ3) is 1.96. The highest BCUT2D eigenvalue weighted by Crippen LogP contribution is 2.29. The number of likely N-dealkylation sites (N-methyl/N-ethyl adjacent to an activating group) is 2. The van der Waals surface area contributed by atoms with E-state index in [0.29, 0.717) is 5.91 Å². The Bertz CT molecular complexity index is 273. The van der Waals surface area contributed by atoms with Gasteiger partial charge < -0.3 is 9.80 Å². The summed E-state index contributed by atoms with van der Waals surface area (Å²) in [6.45, 7) is 6.94. The normalized spacial score (nSPS) is 33.3. The minimum atomic E-state index is -0.240. The number of carbonyl (C=O) groups excluding carboxylic acids is 1. The molecule has 1 amide bonds. The van der Waals surface area contributed by atoms with Gasteiger partial charge in [-0.25, -0.2) is 0 Å². The number of rotatable bonds is 1. The summed E-state index contributed by atoms with van der Waals surface area (Å²) in [7, 11) is 4.19. The van der Waals surface area contributed by atoms with Crippen molar-refractivity contribution in [3.63, 3.8) is 0 Å². The Balaban J connectivity index is 2.01. The maximum atomic E-state index is 12.5. The smallest absolute Gasteiger partial charge is 0.242 e. The first-order chi connectivity index (χ1) is 7.54. The fraction of sp³-hybridized carbons (Fsp3) is 0.917. The zero-order valence-corrected chi connectivity index (χ0v) is 10.7. The van der Waals surface area contributed by atoms with Crippen LogP contribution in [-0.2, 0) is 4.79 Å². The average Bonchev–Trinajstić information content (AvgIpc) is 2.61. The van der Waals surface area contributed by atoms with Crippen LogP contribution in [0.25, 0.3) is 0 Å². The van der Waals surface area contributed by atoms with Gasteiger partial charge in [-0.15, -0.1) is 0 Å². The Hall–Kier alpha value is -0.610. The van der Waals surface area contributed by atoms with Crippen LogP contribution >= 0.6 is 0 Å². The van der Waals surface area contributed by atoms with E-state index in [9.17, 15) is 4.79 Å². The van der Waals surface area contributed by atoms with Crippen molar-refractivity contribution in [1.29, 1.82) is 0 Å². The lowest BCUT2D eigenvalue weighted by atomic mass is 9.97. The largest absolute Gasteiger partial charge is 0.339 e. The molecule has 0 bridgehead atoms. The molecule has 0 saturated carbocycles. The molecule has 0 N–H and O–H groups in total. The molecular formula is C12H23N3O. The van der Waals surface area contributed by atoms with Crippen LogP contribution in [0.15, 0.2) is 0 Å². The molecule has 2 fully saturated rings. The zero-order chi connectivity index (χ0) is 11.8.